The van der Waals surface area contributed by atoms with E-state index in [0.29, 0.717) is 6.54 Å². The van der Waals surface area contributed by atoms with E-state index in [1.165, 1.54) is 0 Å². The van der Waals surface area contributed by atoms with Crippen LogP contribution in [-0.2, 0) is 4.79 Å². The summed E-state index contributed by atoms with van der Waals surface area (Å²) in [6, 6.07) is -0.0403. The highest BCUT2D eigenvalue weighted by Crippen LogP contribution is 2.40. The molecule has 1 aliphatic rings. The molecule has 5 nitrogen and oxygen atoms in total. The number of nitrogens with two attached hydrogens (primary N) is 1. The normalized spacial score (nSPS) is 19.4. The molecule has 5 heteroatoms. The molecule has 0 aliphatic heterocycles. The number of carbonyl (C=O) groups excluding carboxylic acids is 1. The molecule has 0 radical (unpaired) electrons. The molecule has 0 bridgehead atoms. The molecule has 1 aromatic heterocycles. The lowest BCUT2D eigenvalue weighted by molar-refractivity contribution is -0.136. The van der Waals surface area contributed by atoms with Crippen molar-refractivity contribution in [2.24, 2.45) is 11.1 Å². The highest BCUT2D eigenvalue weighted by Gasteiger charge is 2.43. The molecule has 0 saturated heterocycles. The zero-order chi connectivity index (χ0) is 12.3. The zero-order valence-electron chi connectivity index (χ0n) is 10.2. The van der Waals surface area contributed by atoms with Crippen LogP contribution in [0.2, 0.25) is 0 Å². The lowest BCUT2D eigenvalue weighted by Gasteiger charge is -2.39. The zero-order valence-corrected chi connectivity index (χ0v) is 10.2. The number of nitrogens with zero attached hydrogens (tertiary/aromatic N) is 1. The molecular weight excluding hydrogens is 216 g/mol. The van der Waals surface area contributed by atoms with Crippen LogP contribution in [0.3, 0.4) is 0 Å². The Morgan fingerprint density at radius 3 is 2.88 bits per heavy atom. The summed E-state index contributed by atoms with van der Waals surface area (Å²) in [5.41, 5.74) is 5.40. The van der Waals surface area contributed by atoms with Crippen molar-refractivity contribution in [3.63, 3.8) is 0 Å². The largest absolute Gasteiger partial charge is 0.347 e. The first-order valence-electron chi connectivity index (χ1n) is 6.22. The van der Waals surface area contributed by atoms with Gasteiger partial charge in [0.15, 0.2) is 0 Å². The number of carbonyl (C=O) groups is 1. The van der Waals surface area contributed by atoms with Crippen molar-refractivity contribution in [3.05, 3.63) is 18.2 Å². The molecule has 1 unspecified atom stereocenters. The number of hydrogen-bond donors (Lipinski definition) is 3. The highest BCUT2D eigenvalue weighted by atomic mass is 16.2. The average Bonchev–Trinajstić information content (AvgIpc) is 2.78. The summed E-state index contributed by atoms with van der Waals surface area (Å²) in [4.78, 5) is 19.4. The Hall–Kier alpha value is -1.36. The molecule has 4 N–H and O–H groups in total. The molecule has 1 aromatic rings. The third kappa shape index (κ3) is 2.20. The summed E-state index contributed by atoms with van der Waals surface area (Å²) < 4.78 is 0. The van der Waals surface area contributed by atoms with Crippen LogP contribution in [0.1, 0.15) is 44.5 Å². The molecular formula is C12H20N4O. The van der Waals surface area contributed by atoms with Gasteiger partial charge in [0.25, 0.3) is 0 Å². The van der Waals surface area contributed by atoms with E-state index in [1.54, 1.807) is 12.4 Å². The predicted octanol–water partition coefficient (Wildman–Crippen LogP) is 1.11. The Morgan fingerprint density at radius 1 is 1.71 bits per heavy atom. The van der Waals surface area contributed by atoms with Gasteiger partial charge in [-0.25, -0.2) is 4.98 Å². The Labute approximate surface area is 101 Å². The fourth-order valence-electron chi connectivity index (χ4n) is 2.27. The van der Waals surface area contributed by atoms with Crippen LogP contribution in [0.5, 0.6) is 0 Å². The van der Waals surface area contributed by atoms with Gasteiger partial charge in [-0.2, -0.15) is 0 Å². The van der Waals surface area contributed by atoms with Crippen molar-refractivity contribution in [1.82, 2.24) is 15.3 Å². The van der Waals surface area contributed by atoms with E-state index in [4.69, 9.17) is 5.73 Å². The molecule has 1 fully saturated rings. The van der Waals surface area contributed by atoms with Gasteiger partial charge in [0, 0.05) is 18.9 Å². The Kier molecular flexibility index (Phi) is 3.47. The minimum Gasteiger partial charge on any atom is -0.347 e. The first-order chi connectivity index (χ1) is 8.22. The predicted molar refractivity (Wildman–Crippen MR) is 65.1 cm³/mol. The number of amides is 1. The van der Waals surface area contributed by atoms with E-state index in [9.17, 15) is 4.79 Å². The third-order valence-corrected chi connectivity index (χ3v) is 3.75. The van der Waals surface area contributed by atoms with E-state index in [1.807, 2.05) is 6.92 Å². The van der Waals surface area contributed by atoms with Crippen molar-refractivity contribution >= 4 is 5.91 Å². The highest BCUT2D eigenvalue weighted by molar-refractivity contribution is 5.84. The van der Waals surface area contributed by atoms with Gasteiger partial charge in [-0.1, -0.05) is 13.3 Å². The number of aromatic amines is 1. The standard InChI is InChI=1S/C12H20N4O/c1-2-9(10-14-6-7-15-10)16-11(17)12(8-13)4-3-5-12/h6-7,9H,2-5,8,13H2,1H3,(H,14,15)(H,16,17). The van der Waals surface area contributed by atoms with Crippen molar-refractivity contribution in [2.45, 2.75) is 38.6 Å². The Bertz CT molecular complexity index is 364. The Morgan fingerprint density at radius 2 is 2.47 bits per heavy atom. The molecule has 1 aliphatic carbocycles. The SMILES string of the molecule is CCC(NC(=O)C1(CN)CCC1)c1ncc[nH]1. The molecule has 17 heavy (non-hydrogen) atoms. The van der Waals surface area contributed by atoms with E-state index < -0.39 is 0 Å². The second-order valence-corrected chi connectivity index (χ2v) is 4.75. The maximum Gasteiger partial charge on any atom is 0.228 e. The monoisotopic (exact) mass is 236 g/mol. The van der Waals surface area contributed by atoms with Gasteiger partial charge in [-0.15, -0.1) is 0 Å². The second kappa shape index (κ2) is 4.87. The fourth-order valence-corrected chi connectivity index (χ4v) is 2.27. The average molecular weight is 236 g/mol. The lowest BCUT2D eigenvalue weighted by atomic mass is 9.68. The molecule has 1 atom stereocenters. The van der Waals surface area contributed by atoms with Crippen LogP contribution in [0.15, 0.2) is 12.4 Å². The number of H-pyrrole nitrogens is 1. The van der Waals surface area contributed by atoms with Crippen molar-refractivity contribution in [2.75, 3.05) is 6.54 Å². The first-order valence-corrected chi connectivity index (χ1v) is 6.22. The van der Waals surface area contributed by atoms with E-state index >= 15 is 0 Å². The van der Waals surface area contributed by atoms with Gasteiger partial charge in [-0.05, 0) is 19.3 Å². The second-order valence-electron chi connectivity index (χ2n) is 4.75. The minimum atomic E-state index is -0.319. The smallest absolute Gasteiger partial charge is 0.228 e. The van der Waals surface area contributed by atoms with Gasteiger partial charge in [-0.3, -0.25) is 4.79 Å². The fraction of sp³-hybridized carbons (Fsp3) is 0.667. The summed E-state index contributed by atoms with van der Waals surface area (Å²) in [5, 5.41) is 3.05. The molecule has 94 valence electrons. The van der Waals surface area contributed by atoms with E-state index in [0.717, 1.165) is 31.5 Å². The molecule has 2 rings (SSSR count). The van der Waals surface area contributed by atoms with Crippen LogP contribution < -0.4 is 11.1 Å². The number of hydrogen-bond acceptors (Lipinski definition) is 3. The van der Waals surface area contributed by atoms with Gasteiger partial charge < -0.3 is 16.0 Å². The van der Waals surface area contributed by atoms with Crippen molar-refractivity contribution in [3.8, 4) is 0 Å². The molecule has 1 heterocycles. The maximum atomic E-state index is 12.2. The number of nitrogens with one attached hydrogen (secondary N) is 2. The van der Waals surface area contributed by atoms with Crippen LogP contribution in [-0.4, -0.2) is 22.4 Å². The summed E-state index contributed by atoms with van der Waals surface area (Å²) in [5.74, 6) is 0.891. The van der Waals surface area contributed by atoms with Gasteiger partial charge in [0.1, 0.15) is 5.82 Å². The van der Waals surface area contributed by atoms with Gasteiger partial charge >= 0.3 is 0 Å². The van der Waals surface area contributed by atoms with Crippen LogP contribution in [0.25, 0.3) is 0 Å². The Balaban J connectivity index is 2.02. The summed E-state index contributed by atoms with van der Waals surface area (Å²) in [6.07, 6.45) is 7.20. The summed E-state index contributed by atoms with van der Waals surface area (Å²) in [7, 11) is 0. The number of aromatic nitrogens is 2. The molecule has 0 aromatic carbocycles. The van der Waals surface area contributed by atoms with Crippen molar-refractivity contribution in [1.29, 1.82) is 0 Å². The third-order valence-electron chi connectivity index (χ3n) is 3.75. The minimum absolute atomic E-state index is 0.0403. The lowest BCUT2D eigenvalue weighted by Crippen LogP contribution is -2.51. The van der Waals surface area contributed by atoms with Crippen molar-refractivity contribution < 1.29 is 4.79 Å². The van der Waals surface area contributed by atoms with Crippen LogP contribution >= 0.6 is 0 Å². The maximum absolute atomic E-state index is 12.2. The quantitative estimate of drug-likeness (QED) is 0.716. The first kappa shape index (κ1) is 12.1. The van der Waals surface area contributed by atoms with Crippen LogP contribution in [0, 0.1) is 5.41 Å². The summed E-state index contributed by atoms with van der Waals surface area (Å²) >= 11 is 0. The molecule has 1 saturated carbocycles. The van der Waals surface area contributed by atoms with Gasteiger partial charge in [0.05, 0.1) is 11.5 Å². The van der Waals surface area contributed by atoms with E-state index in [-0.39, 0.29) is 17.4 Å². The topological polar surface area (TPSA) is 83.8 Å². The molecule has 1 amide bonds. The van der Waals surface area contributed by atoms with E-state index in [2.05, 4.69) is 15.3 Å². The molecule has 0 spiro atoms. The number of imidazole rings is 1. The number of rotatable bonds is 5. The van der Waals surface area contributed by atoms with Crippen LogP contribution in [0.4, 0.5) is 0 Å². The van der Waals surface area contributed by atoms with Gasteiger partial charge in [0.2, 0.25) is 5.91 Å². The summed E-state index contributed by atoms with van der Waals surface area (Å²) in [6.45, 7) is 2.47.